The Labute approximate surface area is 162 Å². The van der Waals surface area contributed by atoms with Crippen molar-refractivity contribution in [1.82, 2.24) is 15.0 Å². The van der Waals surface area contributed by atoms with Crippen LogP contribution in [0.25, 0.3) is 22.2 Å². The van der Waals surface area contributed by atoms with Gasteiger partial charge in [-0.25, -0.2) is 0 Å². The van der Waals surface area contributed by atoms with Crippen molar-refractivity contribution in [2.75, 3.05) is 6.54 Å². The summed E-state index contributed by atoms with van der Waals surface area (Å²) in [5, 5.41) is 6.16. The Kier molecular flexibility index (Phi) is 4.13. The minimum absolute atomic E-state index is 0.0127. The highest BCUT2D eigenvalue weighted by Gasteiger charge is 2.35. The lowest BCUT2D eigenvalue weighted by Crippen LogP contribution is -2.30. The SMILES string of the molecule is O=C(c1cccc2ccccc12)N1CCCC1c1nc(-c2ccccc2)no1. The summed E-state index contributed by atoms with van der Waals surface area (Å²) in [4.78, 5) is 19.8. The zero-order valence-electron chi connectivity index (χ0n) is 15.3. The predicted molar refractivity (Wildman–Crippen MR) is 107 cm³/mol. The third-order valence-electron chi connectivity index (χ3n) is 5.29. The summed E-state index contributed by atoms with van der Waals surface area (Å²) >= 11 is 0. The molecule has 1 atom stereocenters. The van der Waals surface area contributed by atoms with Gasteiger partial charge in [0.25, 0.3) is 5.91 Å². The van der Waals surface area contributed by atoms with Gasteiger partial charge in [0, 0.05) is 17.7 Å². The quantitative estimate of drug-likeness (QED) is 0.517. The molecule has 4 aromatic rings. The number of carbonyl (C=O) groups is 1. The molecule has 28 heavy (non-hydrogen) atoms. The molecule has 138 valence electrons. The first-order chi connectivity index (χ1) is 13.8. The molecule has 1 amide bonds. The number of carbonyl (C=O) groups excluding carboxylic acids is 1. The Morgan fingerprint density at radius 3 is 2.64 bits per heavy atom. The minimum Gasteiger partial charge on any atom is -0.337 e. The van der Waals surface area contributed by atoms with Crippen LogP contribution in [-0.4, -0.2) is 27.5 Å². The molecule has 0 saturated carbocycles. The first kappa shape index (κ1) is 16.7. The lowest BCUT2D eigenvalue weighted by molar-refractivity contribution is 0.0712. The molecular weight excluding hydrogens is 350 g/mol. The molecule has 1 aliphatic heterocycles. The predicted octanol–water partition coefficient (Wildman–Crippen LogP) is 4.87. The molecule has 5 heteroatoms. The number of aromatic nitrogens is 2. The normalized spacial score (nSPS) is 16.6. The maximum Gasteiger partial charge on any atom is 0.255 e. The Morgan fingerprint density at radius 2 is 1.75 bits per heavy atom. The van der Waals surface area contributed by atoms with E-state index in [1.807, 2.05) is 77.7 Å². The van der Waals surface area contributed by atoms with Crippen molar-refractivity contribution in [2.24, 2.45) is 0 Å². The van der Waals surface area contributed by atoms with Crippen LogP contribution in [-0.2, 0) is 0 Å². The molecule has 0 spiro atoms. The zero-order chi connectivity index (χ0) is 18.9. The zero-order valence-corrected chi connectivity index (χ0v) is 15.3. The molecule has 0 bridgehead atoms. The van der Waals surface area contributed by atoms with Crippen LogP contribution in [0.1, 0.15) is 35.1 Å². The average Bonchev–Trinajstić information content (AvgIpc) is 3.43. The van der Waals surface area contributed by atoms with Crippen LogP contribution in [0.2, 0.25) is 0 Å². The van der Waals surface area contributed by atoms with Crippen LogP contribution in [0.5, 0.6) is 0 Å². The van der Waals surface area contributed by atoms with Crippen molar-refractivity contribution in [2.45, 2.75) is 18.9 Å². The first-order valence-corrected chi connectivity index (χ1v) is 9.49. The molecule has 2 heterocycles. The van der Waals surface area contributed by atoms with Gasteiger partial charge in [-0.05, 0) is 29.7 Å². The van der Waals surface area contributed by atoms with E-state index < -0.39 is 0 Å². The fourth-order valence-electron chi connectivity index (χ4n) is 3.91. The summed E-state index contributed by atoms with van der Waals surface area (Å²) in [6.45, 7) is 0.690. The molecule has 1 fully saturated rings. The third kappa shape index (κ3) is 2.85. The van der Waals surface area contributed by atoms with Gasteiger partial charge in [0.1, 0.15) is 6.04 Å². The van der Waals surface area contributed by atoms with Crippen LogP contribution in [0.4, 0.5) is 0 Å². The van der Waals surface area contributed by atoms with Crippen LogP contribution in [0.3, 0.4) is 0 Å². The van der Waals surface area contributed by atoms with Crippen LogP contribution < -0.4 is 0 Å². The Balaban J connectivity index is 1.47. The van der Waals surface area contributed by atoms with E-state index in [0.717, 1.165) is 29.2 Å². The molecule has 5 nitrogen and oxygen atoms in total. The smallest absolute Gasteiger partial charge is 0.255 e. The molecule has 1 unspecified atom stereocenters. The molecule has 0 N–H and O–H groups in total. The summed E-state index contributed by atoms with van der Waals surface area (Å²) in [5.41, 5.74) is 1.62. The highest BCUT2D eigenvalue weighted by molar-refractivity contribution is 6.07. The van der Waals surface area contributed by atoms with Gasteiger partial charge in [-0.3, -0.25) is 4.79 Å². The van der Waals surface area contributed by atoms with Crippen LogP contribution >= 0.6 is 0 Å². The van der Waals surface area contributed by atoms with Gasteiger partial charge in [-0.15, -0.1) is 0 Å². The molecule has 1 aromatic heterocycles. The number of likely N-dealkylation sites (tertiary alicyclic amines) is 1. The number of hydrogen-bond donors (Lipinski definition) is 0. The molecule has 5 rings (SSSR count). The van der Waals surface area contributed by atoms with E-state index >= 15 is 0 Å². The summed E-state index contributed by atoms with van der Waals surface area (Å²) in [5.74, 6) is 1.07. The van der Waals surface area contributed by atoms with Gasteiger partial charge in [0.2, 0.25) is 11.7 Å². The highest BCUT2D eigenvalue weighted by atomic mass is 16.5. The minimum atomic E-state index is -0.184. The number of hydrogen-bond acceptors (Lipinski definition) is 4. The van der Waals surface area contributed by atoms with E-state index in [1.54, 1.807) is 0 Å². The van der Waals surface area contributed by atoms with E-state index in [4.69, 9.17) is 4.52 Å². The summed E-state index contributed by atoms with van der Waals surface area (Å²) in [7, 11) is 0. The van der Waals surface area contributed by atoms with Crippen molar-refractivity contribution >= 4 is 16.7 Å². The lowest BCUT2D eigenvalue weighted by Gasteiger charge is -2.22. The van der Waals surface area contributed by atoms with Crippen LogP contribution in [0, 0.1) is 0 Å². The average molecular weight is 369 g/mol. The largest absolute Gasteiger partial charge is 0.337 e. The molecule has 3 aromatic carbocycles. The fraction of sp³-hybridized carbons (Fsp3) is 0.174. The Bertz CT molecular complexity index is 1130. The second-order valence-corrected chi connectivity index (χ2v) is 7.01. The van der Waals surface area contributed by atoms with Crippen molar-refractivity contribution in [3.05, 3.63) is 84.3 Å². The lowest BCUT2D eigenvalue weighted by atomic mass is 10.0. The molecular formula is C23H19N3O2. The van der Waals surface area contributed by atoms with Gasteiger partial charge >= 0.3 is 0 Å². The number of benzene rings is 3. The topological polar surface area (TPSA) is 59.2 Å². The van der Waals surface area contributed by atoms with Crippen LogP contribution in [0.15, 0.2) is 77.3 Å². The number of rotatable bonds is 3. The monoisotopic (exact) mass is 369 g/mol. The first-order valence-electron chi connectivity index (χ1n) is 9.49. The molecule has 1 saturated heterocycles. The van der Waals surface area contributed by atoms with Crippen molar-refractivity contribution in [3.63, 3.8) is 0 Å². The molecule has 0 aliphatic carbocycles. The molecule has 0 radical (unpaired) electrons. The van der Waals surface area contributed by atoms with Crippen molar-refractivity contribution in [3.8, 4) is 11.4 Å². The Morgan fingerprint density at radius 1 is 0.964 bits per heavy atom. The van der Waals surface area contributed by atoms with E-state index in [1.165, 1.54) is 0 Å². The van der Waals surface area contributed by atoms with E-state index in [9.17, 15) is 4.79 Å². The second kappa shape index (κ2) is 6.93. The summed E-state index contributed by atoms with van der Waals surface area (Å²) in [6.07, 6.45) is 1.75. The second-order valence-electron chi connectivity index (χ2n) is 7.01. The van der Waals surface area contributed by atoms with Crippen molar-refractivity contribution < 1.29 is 9.32 Å². The molecule has 1 aliphatic rings. The third-order valence-corrected chi connectivity index (χ3v) is 5.29. The number of fused-ring (bicyclic) bond motifs is 1. The maximum absolute atomic E-state index is 13.4. The fourth-order valence-corrected chi connectivity index (χ4v) is 3.91. The van der Waals surface area contributed by atoms with Gasteiger partial charge in [-0.2, -0.15) is 4.98 Å². The number of nitrogens with zero attached hydrogens (tertiary/aromatic N) is 3. The van der Waals surface area contributed by atoms with Gasteiger partial charge < -0.3 is 9.42 Å². The van der Waals surface area contributed by atoms with Crippen molar-refractivity contribution in [1.29, 1.82) is 0 Å². The summed E-state index contributed by atoms with van der Waals surface area (Å²) in [6, 6.07) is 23.4. The standard InChI is InChI=1S/C23H19N3O2/c27-23(19-13-6-11-16-8-4-5-12-18(16)19)26-15-7-14-20(26)22-24-21(25-28-22)17-9-2-1-3-10-17/h1-6,8-13,20H,7,14-15H2. The Hall–Kier alpha value is -3.47. The van der Waals surface area contributed by atoms with E-state index in [0.29, 0.717) is 23.8 Å². The van der Waals surface area contributed by atoms with Gasteiger partial charge in [0.05, 0.1) is 0 Å². The van der Waals surface area contributed by atoms with E-state index in [-0.39, 0.29) is 11.9 Å². The van der Waals surface area contributed by atoms with E-state index in [2.05, 4.69) is 10.1 Å². The highest BCUT2D eigenvalue weighted by Crippen LogP contribution is 2.34. The van der Waals surface area contributed by atoms with Gasteiger partial charge in [0.15, 0.2) is 0 Å². The van der Waals surface area contributed by atoms with Gasteiger partial charge in [-0.1, -0.05) is 71.9 Å². The number of amides is 1. The maximum atomic E-state index is 13.4. The summed E-state index contributed by atoms with van der Waals surface area (Å²) < 4.78 is 5.55.